The summed E-state index contributed by atoms with van der Waals surface area (Å²) in [5.41, 5.74) is 1.05. The second-order valence-electron chi connectivity index (χ2n) is 4.82. The third-order valence-corrected chi connectivity index (χ3v) is 3.15. The first-order valence-electron chi connectivity index (χ1n) is 6.08. The fourth-order valence-corrected chi connectivity index (χ4v) is 1.50. The van der Waals surface area contributed by atoms with Crippen LogP contribution in [0.3, 0.4) is 0 Å². The van der Waals surface area contributed by atoms with Crippen LogP contribution in [0.25, 0.3) is 0 Å². The summed E-state index contributed by atoms with van der Waals surface area (Å²) in [6, 6.07) is 5.62. The molecular weight excluding hydrogens is 250 g/mol. The Morgan fingerprint density at radius 1 is 1.39 bits per heavy atom. The molecule has 0 saturated heterocycles. The Bertz CT molecular complexity index is 418. The molecule has 100 valence electrons. The normalized spacial score (nSPS) is 12.3. The van der Waals surface area contributed by atoms with E-state index in [9.17, 15) is 4.79 Å². The highest BCUT2D eigenvalue weighted by Crippen LogP contribution is 2.24. The molecule has 1 rings (SSSR count). The van der Waals surface area contributed by atoms with Crippen LogP contribution in [0, 0.1) is 12.8 Å². The lowest BCUT2D eigenvalue weighted by atomic mass is 10.1. The molecular formula is C14H20ClNO2. The van der Waals surface area contributed by atoms with Crippen LogP contribution in [-0.2, 0) is 4.79 Å². The molecule has 0 aliphatic carbocycles. The van der Waals surface area contributed by atoms with Crippen molar-refractivity contribution in [2.75, 3.05) is 6.61 Å². The van der Waals surface area contributed by atoms with Crippen LogP contribution in [0.5, 0.6) is 5.75 Å². The number of amides is 1. The van der Waals surface area contributed by atoms with Crippen molar-refractivity contribution < 1.29 is 9.53 Å². The van der Waals surface area contributed by atoms with Crippen LogP contribution in [0.2, 0.25) is 5.02 Å². The quantitative estimate of drug-likeness (QED) is 0.892. The van der Waals surface area contributed by atoms with Crippen LogP contribution in [0.4, 0.5) is 0 Å². The first-order valence-corrected chi connectivity index (χ1v) is 6.46. The molecule has 1 amide bonds. The van der Waals surface area contributed by atoms with Gasteiger partial charge in [0.2, 0.25) is 0 Å². The summed E-state index contributed by atoms with van der Waals surface area (Å²) in [5, 5.41) is 3.40. The minimum absolute atomic E-state index is 0.0137. The number of aryl methyl sites for hydroxylation is 1. The van der Waals surface area contributed by atoms with Gasteiger partial charge in [0.1, 0.15) is 5.75 Å². The van der Waals surface area contributed by atoms with E-state index in [4.69, 9.17) is 16.3 Å². The first kappa shape index (κ1) is 14.8. The number of nitrogens with one attached hydrogen (secondary N) is 1. The fraction of sp³-hybridized carbons (Fsp3) is 0.500. The lowest BCUT2D eigenvalue weighted by Crippen LogP contribution is -2.38. The Morgan fingerprint density at radius 2 is 2.06 bits per heavy atom. The highest BCUT2D eigenvalue weighted by molar-refractivity contribution is 6.32. The first-order chi connectivity index (χ1) is 8.40. The molecule has 0 heterocycles. The molecule has 3 nitrogen and oxygen atoms in total. The van der Waals surface area contributed by atoms with E-state index in [1.807, 2.05) is 26.0 Å². The van der Waals surface area contributed by atoms with E-state index in [0.717, 1.165) is 5.56 Å². The monoisotopic (exact) mass is 269 g/mol. The Labute approximate surface area is 113 Å². The zero-order valence-electron chi connectivity index (χ0n) is 11.3. The van der Waals surface area contributed by atoms with Gasteiger partial charge in [-0.05, 0) is 37.5 Å². The van der Waals surface area contributed by atoms with Crippen LogP contribution >= 0.6 is 11.6 Å². The van der Waals surface area contributed by atoms with Crippen molar-refractivity contribution in [1.82, 2.24) is 5.32 Å². The summed E-state index contributed by atoms with van der Waals surface area (Å²) < 4.78 is 5.42. The van der Waals surface area contributed by atoms with Gasteiger partial charge in [0.25, 0.3) is 5.91 Å². The van der Waals surface area contributed by atoms with Gasteiger partial charge in [0, 0.05) is 6.04 Å². The molecule has 0 radical (unpaired) electrons. The standard InChI is InChI=1S/C14H20ClNO2/c1-9(2)11(4)16-14(17)8-18-13-7-10(3)5-6-12(13)15/h5-7,9,11H,8H2,1-4H3,(H,16,17). The smallest absolute Gasteiger partial charge is 0.258 e. The molecule has 1 N–H and O–H groups in total. The summed E-state index contributed by atoms with van der Waals surface area (Å²) in [6.45, 7) is 8.03. The number of rotatable bonds is 5. The van der Waals surface area contributed by atoms with E-state index in [1.54, 1.807) is 6.07 Å². The average Bonchev–Trinajstić information content (AvgIpc) is 2.30. The minimum atomic E-state index is -0.131. The lowest BCUT2D eigenvalue weighted by Gasteiger charge is -2.17. The summed E-state index contributed by atoms with van der Waals surface area (Å²) in [5.74, 6) is 0.814. The number of hydrogen-bond donors (Lipinski definition) is 1. The van der Waals surface area contributed by atoms with Crippen molar-refractivity contribution in [3.05, 3.63) is 28.8 Å². The lowest BCUT2D eigenvalue weighted by molar-refractivity contribution is -0.124. The highest BCUT2D eigenvalue weighted by atomic mass is 35.5. The predicted molar refractivity (Wildman–Crippen MR) is 74.1 cm³/mol. The maximum absolute atomic E-state index is 11.6. The van der Waals surface area contributed by atoms with Crippen molar-refractivity contribution >= 4 is 17.5 Å². The molecule has 0 aliphatic heterocycles. The highest BCUT2D eigenvalue weighted by Gasteiger charge is 2.11. The van der Waals surface area contributed by atoms with Gasteiger partial charge in [0.05, 0.1) is 5.02 Å². The van der Waals surface area contributed by atoms with Crippen molar-refractivity contribution in [2.45, 2.75) is 33.7 Å². The zero-order valence-corrected chi connectivity index (χ0v) is 12.0. The zero-order chi connectivity index (χ0) is 13.7. The van der Waals surface area contributed by atoms with Gasteiger partial charge in [-0.2, -0.15) is 0 Å². The molecule has 1 unspecified atom stereocenters. The largest absolute Gasteiger partial charge is 0.482 e. The number of carbonyl (C=O) groups excluding carboxylic acids is 1. The average molecular weight is 270 g/mol. The summed E-state index contributed by atoms with van der Waals surface area (Å²) in [4.78, 5) is 11.6. The second-order valence-corrected chi connectivity index (χ2v) is 5.23. The van der Waals surface area contributed by atoms with Crippen molar-refractivity contribution in [2.24, 2.45) is 5.92 Å². The molecule has 1 aromatic rings. The molecule has 0 spiro atoms. The second kappa shape index (κ2) is 6.64. The third kappa shape index (κ3) is 4.57. The number of benzene rings is 1. The Hall–Kier alpha value is -1.22. The number of halogens is 1. The molecule has 1 atom stereocenters. The van der Waals surface area contributed by atoms with Gasteiger partial charge in [0.15, 0.2) is 6.61 Å². The van der Waals surface area contributed by atoms with E-state index < -0.39 is 0 Å². The number of carbonyl (C=O) groups is 1. The SMILES string of the molecule is Cc1ccc(Cl)c(OCC(=O)NC(C)C(C)C)c1. The van der Waals surface area contributed by atoms with E-state index in [1.165, 1.54) is 0 Å². The van der Waals surface area contributed by atoms with Crippen LogP contribution in [-0.4, -0.2) is 18.6 Å². The van der Waals surface area contributed by atoms with Crippen molar-refractivity contribution in [3.8, 4) is 5.75 Å². The van der Waals surface area contributed by atoms with Crippen molar-refractivity contribution in [1.29, 1.82) is 0 Å². The van der Waals surface area contributed by atoms with Gasteiger partial charge in [-0.25, -0.2) is 0 Å². The van der Waals surface area contributed by atoms with E-state index in [2.05, 4.69) is 19.2 Å². The maximum Gasteiger partial charge on any atom is 0.258 e. The maximum atomic E-state index is 11.6. The van der Waals surface area contributed by atoms with E-state index in [-0.39, 0.29) is 18.6 Å². The predicted octanol–water partition coefficient (Wildman–Crippen LogP) is 3.19. The van der Waals surface area contributed by atoms with Crippen LogP contribution in [0.1, 0.15) is 26.3 Å². The van der Waals surface area contributed by atoms with Crippen LogP contribution < -0.4 is 10.1 Å². The van der Waals surface area contributed by atoms with E-state index in [0.29, 0.717) is 16.7 Å². The van der Waals surface area contributed by atoms with Gasteiger partial charge >= 0.3 is 0 Å². The summed E-state index contributed by atoms with van der Waals surface area (Å²) in [6.07, 6.45) is 0. The summed E-state index contributed by atoms with van der Waals surface area (Å²) >= 11 is 5.98. The van der Waals surface area contributed by atoms with Crippen LogP contribution in [0.15, 0.2) is 18.2 Å². The molecule has 4 heteroatoms. The molecule has 0 aliphatic rings. The van der Waals surface area contributed by atoms with Gasteiger partial charge in [-0.3, -0.25) is 4.79 Å². The summed E-state index contributed by atoms with van der Waals surface area (Å²) in [7, 11) is 0. The van der Waals surface area contributed by atoms with Crippen molar-refractivity contribution in [3.63, 3.8) is 0 Å². The molecule has 1 aromatic carbocycles. The number of ether oxygens (including phenoxy) is 1. The molecule has 0 fully saturated rings. The molecule has 0 bridgehead atoms. The Kier molecular flexibility index (Phi) is 5.48. The minimum Gasteiger partial charge on any atom is -0.482 e. The van der Waals surface area contributed by atoms with E-state index >= 15 is 0 Å². The molecule has 18 heavy (non-hydrogen) atoms. The fourth-order valence-electron chi connectivity index (χ4n) is 1.33. The molecule has 0 saturated carbocycles. The molecule has 0 aromatic heterocycles. The van der Waals surface area contributed by atoms with Gasteiger partial charge in [-0.1, -0.05) is 31.5 Å². The third-order valence-electron chi connectivity index (χ3n) is 2.83. The van der Waals surface area contributed by atoms with Gasteiger partial charge < -0.3 is 10.1 Å². The Morgan fingerprint density at radius 3 is 2.67 bits per heavy atom. The number of hydrogen-bond acceptors (Lipinski definition) is 2. The topological polar surface area (TPSA) is 38.3 Å². The Balaban J connectivity index is 2.50. The van der Waals surface area contributed by atoms with Gasteiger partial charge in [-0.15, -0.1) is 0 Å².